The maximum atomic E-state index is 13.2. The van der Waals surface area contributed by atoms with Crippen molar-refractivity contribution in [1.82, 2.24) is 5.32 Å². The fourth-order valence-electron chi connectivity index (χ4n) is 2.82. The highest BCUT2D eigenvalue weighted by Gasteiger charge is 2.30. The number of carbonyl (C=O) groups is 1. The molecule has 158 valence electrons. The van der Waals surface area contributed by atoms with Crippen molar-refractivity contribution in [2.45, 2.75) is 10.8 Å². The Bertz CT molecular complexity index is 1100. The molecule has 0 fully saturated rings. The van der Waals surface area contributed by atoms with Gasteiger partial charge in [0.25, 0.3) is 10.0 Å². The van der Waals surface area contributed by atoms with Gasteiger partial charge >= 0.3 is 0 Å². The van der Waals surface area contributed by atoms with Gasteiger partial charge in [-0.25, -0.2) is 8.42 Å². The third-order valence-electron chi connectivity index (χ3n) is 4.30. The Morgan fingerprint density at radius 1 is 1.03 bits per heavy atom. The molecular weight excluding hydrogens is 424 g/mol. The molecule has 1 amide bonds. The molecule has 0 saturated heterocycles. The number of benzene rings is 2. The summed E-state index contributed by atoms with van der Waals surface area (Å²) in [5.41, 5.74) is 1.14. The predicted molar refractivity (Wildman–Crippen MR) is 117 cm³/mol. The molecule has 1 N–H and O–H groups in total. The highest BCUT2D eigenvalue weighted by molar-refractivity contribution is 7.94. The Kier molecular flexibility index (Phi) is 6.96. The molecule has 0 unspecified atom stereocenters. The zero-order chi connectivity index (χ0) is 21.6. The van der Waals surface area contributed by atoms with Crippen LogP contribution in [0, 0.1) is 0 Å². The first-order valence-corrected chi connectivity index (χ1v) is 11.4. The number of carbonyl (C=O) groups excluding carboxylic acids is 1. The zero-order valence-corrected chi connectivity index (χ0v) is 18.2. The second-order valence-corrected chi connectivity index (χ2v) is 9.28. The highest BCUT2D eigenvalue weighted by atomic mass is 32.2. The monoisotopic (exact) mass is 446 g/mol. The molecule has 0 aliphatic heterocycles. The van der Waals surface area contributed by atoms with Gasteiger partial charge in [-0.05, 0) is 41.3 Å². The van der Waals surface area contributed by atoms with E-state index in [1.165, 1.54) is 13.2 Å². The third kappa shape index (κ3) is 4.92. The number of para-hydroxylation sites is 2. The number of rotatable bonds is 9. The lowest BCUT2D eigenvalue weighted by molar-refractivity contribution is -0.119. The van der Waals surface area contributed by atoms with Crippen molar-refractivity contribution in [3.05, 3.63) is 71.6 Å². The number of anilines is 1. The minimum Gasteiger partial charge on any atom is -0.497 e. The van der Waals surface area contributed by atoms with Crippen LogP contribution >= 0.6 is 11.3 Å². The number of hydrogen-bond acceptors (Lipinski definition) is 6. The van der Waals surface area contributed by atoms with Gasteiger partial charge in [-0.15, -0.1) is 11.3 Å². The zero-order valence-electron chi connectivity index (χ0n) is 16.6. The van der Waals surface area contributed by atoms with Crippen LogP contribution in [0.4, 0.5) is 5.69 Å². The van der Waals surface area contributed by atoms with Crippen LogP contribution in [0.3, 0.4) is 0 Å². The number of sulfonamides is 1. The molecule has 3 rings (SSSR count). The van der Waals surface area contributed by atoms with E-state index in [4.69, 9.17) is 9.47 Å². The molecule has 30 heavy (non-hydrogen) atoms. The minimum atomic E-state index is -3.94. The molecule has 0 bridgehead atoms. The Morgan fingerprint density at radius 3 is 2.53 bits per heavy atom. The van der Waals surface area contributed by atoms with Gasteiger partial charge < -0.3 is 14.8 Å². The SMILES string of the molecule is COc1cccc(CNC(=O)CN(c2ccccc2OC)S(=O)(=O)c2cccs2)c1. The van der Waals surface area contributed by atoms with Crippen LogP contribution in [0.15, 0.2) is 70.3 Å². The average molecular weight is 447 g/mol. The van der Waals surface area contributed by atoms with Crippen LogP contribution in [0.1, 0.15) is 5.56 Å². The van der Waals surface area contributed by atoms with Gasteiger partial charge in [0.15, 0.2) is 0 Å². The summed E-state index contributed by atoms with van der Waals surface area (Å²) in [5, 5.41) is 4.44. The van der Waals surface area contributed by atoms with Crippen molar-refractivity contribution in [3.63, 3.8) is 0 Å². The summed E-state index contributed by atoms with van der Waals surface area (Å²) < 4.78 is 38.2. The van der Waals surface area contributed by atoms with E-state index < -0.39 is 15.9 Å². The number of amides is 1. The summed E-state index contributed by atoms with van der Waals surface area (Å²) in [5.74, 6) is 0.597. The number of thiophene rings is 1. The van der Waals surface area contributed by atoms with Gasteiger partial charge in [-0.3, -0.25) is 9.10 Å². The lowest BCUT2D eigenvalue weighted by Crippen LogP contribution is -2.40. The van der Waals surface area contributed by atoms with E-state index in [0.29, 0.717) is 17.2 Å². The van der Waals surface area contributed by atoms with E-state index in [2.05, 4.69) is 5.32 Å². The van der Waals surface area contributed by atoms with Crippen molar-refractivity contribution < 1.29 is 22.7 Å². The number of nitrogens with zero attached hydrogens (tertiary/aromatic N) is 1. The molecule has 0 spiro atoms. The first-order chi connectivity index (χ1) is 14.5. The quantitative estimate of drug-likeness (QED) is 0.545. The van der Waals surface area contributed by atoms with Gasteiger partial charge in [-0.2, -0.15) is 0 Å². The molecule has 0 aliphatic rings. The van der Waals surface area contributed by atoms with Gasteiger partial charge in [0.2, 0.25) is 5.91 Å². The molecule has 9 heteroatoms. The van der Waals surface area contributed by atoms with Gasteiger partial charge in [-0.1, -0.05) is 30.3 Å². The maximum Gasteiger partial charge on any atom is 0.274 e. The molecule has 0 aliphatic carbocycles. The first-order valence-electron chi connectivity index (χ1n) is 9.04. The second kappa shape index (κ2) is 9.64. The Balaban J connectivity index is 1.84. The predicted octanol–water partition coefficient (Wildman–Crippen LogP) is 3.28. The van der Waals surface area contributed by atoms with E-state index in [0.717, 1.165) is 21.2 Å². The topological polar surface area (TPSA) is 84.9 Å². The van der Waals surface area contributed by atoms with Crippen molar-refractivity contribution in [1.29, 1.82) is 0 Å². The lowest BCUT2D eigenvalue weighted by atomic mass is 10.2. The van der Waals surface area contributed by atoms with Crippen LogP contribution in [0.5, 0.6) is 11.5 Å². The second-order valence-electron chi connectivity index (χ2n) is 6.24. The summed E-state index contributed by atoms with van der Waals surface area (Å²) in [6.45, 7) is -0.139. The molecule has 3 aromatic rings. The van der Waals surface area contributed by atoms with Crippen molar-refractivity contribution in [2.75, 3.05) is 25.1 Å². The molecular formula is C21H22N2O5S2. The van der Waals surface area contributed by atoms with E-state index in [1.54, 1.807) is 48.9 Å². The van der Waals surface area contributed by atoms with Crippen molar-refractivity contribution in [3.8, 4) is 11.5 Å². The van der Waals surface area contributed by atoms with E-state index in [9.17, 15) is 13.2 Å². The van der Waals surface area contributed by atoms with E-state index in [-0.39, 0.29) is 17.3 Å². The fourth-order valence-corrected chi connectivity index (χ4v) is 5.36. The molecule has 1 heterocycles. The Labute approximate surface area is 179 Å². The molecule has 1 aromatic heterocycles. The molecule has 0 saturated carbocycles. The molecule has 0 atom stereocenters. The maximum absolute atomic E-state index is 13.2. The first kappa shape index (κ1) is 21.7. The number of methoxy groups -OCH3 is 2. The number of nitrogens with one attached hydrogen (secondary N) is 1. The van der Waals surface area contributed by atoms with Crippen molar-refractivity contribution >= 4 is 33.0 Å². The Hall–Kier alpha value is -3.04. The Morgan fingerprint density at radius 2 is 1.83 bits per heavy atom. The molecule has 2 aromatic carbocycles. The van der Waals surface area contributed by atoms with Crippen molar-refractivity contribution in [2.24, 2.45) is 0 Å². The van der Waals surface area contributed by atoms with Gasteiger partial charge in [0.05, 0.1) is 19.9 Å². The van der Waals surface area contributed by atoms with E-state index in [1.807, 2.05) is 18.2 Å². The fraction of sp³-hybridized carbons (Fsp3) is 0.190. The standard InChI is InChI=1S/C21H22N2O5S2/c1-27-17-8-5-7-16(13-17)14-22-20(24)15-23(18-9-3-4-10-19(18)28-2)30(25,26)21-11-6-12-29-21/h3-13H,14-15H2,1-2H3,(H,22,24). The largest absolute Gasteiger partial charge is 0.497 e. The molecule has 0 radical (unpaired) electrons. The van der Waals surface area contributed by atoms with Crippen LogP contribution < -0.4 is 19.1 Å². The van der Waals surface area contributed by atoms with Gasteiger partial charge in [0, 0.05) is 6.54 Å². The average Bonchev–Trinajstić information content (AvgIpc) is 3.32. The smallest absolute Gasteiger partial charge is 0.274 e. The van der Waals surface area contributed by atoms with Crippen LogP contribution in [-0.4, -0.2) is 35.1 Å². The normalized spacial score (nSPS) is 11.0. The summed E-state index contributed by atoms with van der Waals surface area (Å²) in [6.07, 6.45) is 0. The molecule has 7 nitrogen and oxygen atoms in total. The lowest BCUT2D eigenvalue weighted by Gasteiger charge is -2.25. The summed E-state index contributed by atoms with van der Waals surface area (Å²) in [6, 6.07) is 17.1. The van der Waals surface area contributed by atoms with Crippen LogP contribution in [0.2, 0.25) is 0 Å². The van der Waals surface area contributed by atoms with Gasteiger partial charge in [0.1, 0.15) is 22.3 Å². The summed E-state index contributed by atoms with van der Waals surface area (Å²) >= 11 is 1.09. The number of ether oxygens (including phenoxy) is 2. The van der Waals surface area contributed by atoms with E-state index >= 15 is 0 Å². The number of hydrogen-bond donors (Lipinski definition) is 1. The minimum absolute atomic E-state index is 0.147. The van der Waals surface area contributed by atoms with Crippen LogP contribution in [0.25, 0.3) is 0 Å². The van der Waals surface area contributed by atoms with Crippen LogP contribution in [-0.2, 0) is 21.4 Å². The summed E-state index contributed by atoms with van der Waals surface area (Å²) in [4.78, 5) is 12.7. The third-order valence-corrected chi connectivity index (χ3v) is 7.44. The summed E-state index contributed by atoms with van der Waals surface area (Å²) in [7, 11) is -0.917. The highest BCUT2D eigenvalue weighted by Crippen LogP contribution is 2.33.